The van der Waals surface area contributed by atoms with Crippen LogP contribution in [0.2, 0.25) is 5.02 Å². The number of hydrogen-bond acceptors (Lipinski definition) is 3. The molecule has 0 bridgehead atoms. The van der Waals surface area contributed by atoms with E-state index in [0.717, 1.165) is 18.2 Å². The lowest BCUT2D eigenvalue weighted by atomic mass is 10.00. The van der Waals surface area contributed by atoms with Crippen molar-refractivity contribution >= 4 is 34.4 Å². The van der Waals surface area contributed by atoms with Gasteiger partial charge < -0.3 is 15.6 Å². The number of H-pyrrole nitrogens is 1. The van der Waals surface area contributed by atoms with Crippen LogP contribution in [0.25, 0.3) is 11.0 Å². The van der Waals surface area contributed by atoms with Gasteiger partial charge in [0.15, 0.2) is 0 Å². The fourth-order valence-corrected chi connectivity index (χ4v) is 4.53. The molecule has 3 N–H and O–H groups in total. The number of pyridine rings is 1. The van der Waals surface area contributed by atoms with Crippen LogP contribution in [-0.4, -0.2) is 26.7 Å². The molecule has 0 spiro atoms. The van der Waals surface area contributed by atoms with Crippen molar-refractivity contribution in [2.45, 2.75) is 19.0 Å². The van der Waals surface area contributed by atoms with Crippen LogP contribution in [0.5, 0.6) is 0 Å². The second kappa shape index (κ2) is 8.85. The van der Waals surface area contributed by atoms with Gasteiger partial charge >= 0.3 is 0 Å². The van der Waals surface area contributed by atoms with Crippen molar-refractivity contribution in [3.8, 4) is 11.8 Å². The maximum atomic E-state index is 14.8. The van der Waals surface area contributed by atoms with Crippen molar-refractivity contribution in [2.75, 3.05) is 0 Å². The van der Waals surface area contributed by atoms with Crippen molar-refractivity contribution < 1.29 is 18.4 Å². The van der Waals surface area contributed by atoms with Gasteiger partial charge in [-0.1, -0.05) is 29.5 Å². The maximum Gasteiger partial charge on any atom is 0.255 e. The maximum absolute atomic E-state index is 14.8. The molecule has 2 aromatic heterocycles. The minimum Gasteiger partial charge on any atom is -0.366 e. The predicted molar refractivity (Wildman–Crippen MR) is 127 cm³/mol. The predicted octanol–water partition coefficient (Wildman–Crippen LogP) is 4.73. The Morgan fingerprint density at radius 2 is 2.09 bits per heavy atom. The zero-order valence-electron chi connectivity index (χ0n) is 18.1. The van der Waals surface area contributed by atoms with Crippen molar-refractivity contribution in [1.82, 2.24) is 14.9 Å². The van der Waals surface area contributed by atoms with Crippen molar-refractivity contribution in [2.24, 2.45) is 5.73 Å². The molecule has 0 fully saturated rings. The number of primary amides is 1. The van der Waals surface area contributed by atoms with Crippen LogP contribution in [0.15, 0.2) is 54.9 Å². The summed E-state index contributed by atoms with van der Waals surface area (Å²) in [4.78, 5) is 33.7. The molecule has 0 radical (unpaired) electrons. The Bertz CT molecular complexity index is 1570. The highest BCUT2D eigenvalue weighted by Crippen LogP contribution is 2.37. The van der Waals surface area contributed by atoms with Crippen LogP contribution in [0.4, 0.5) is 8.78 Å². The second-order valence-corrected chi connectivity index (χ2v) is 8.44. The molecule has 174 valence electrons. The van der Waals surface area contributed by atoms with E-state index in [0.29, 0.717) is 32.7 Å². The SMILES string of the molecule is NC(=O)c1cnc2[nH]ccc2c1C#CCC(c1cc(F)ccc1F)N1Cc2c(Cl)cccc2C1=O. The summed E-state index contributed by atoms with van der Waals surface area (Å²) in [6, 6.07) is 8.88. The number of carbonyl (C=O) groups is 2. The number of carbonyl (C=O) groups excluding carboxylic acids is 2. The van der Waals surface area contributed by atoms with E-state index in [9.17, 15) is 18.4 Å². The van der Waals surface area contributed by atoms with E-state index in [1.807, 2.05) is 0 Å². The van der Waals surface area contributed by atoms with Crippen LogP contribution < -0.4 is 5.73 Å². The van der Waals surface area contributed by atoms with E-state index in [1.54, 1.807) is 30.5 Å². The molecule has 5 rings (SSSR count). The fraction of sp³-hybridized carbons (Fsp3) is 0.115. The lowest BCUT2D eigenvalue weighted by molar-refractivity contribution is 0.0700. The van der Waals surface area contributed by atoms with Gasteiger partial charge in [0.2, 0.25) is 0 Å². The Labute approximate surface area is 203 Å². The molecule has 0 saturated heterocycles. The average molecular weight is 491 g/mol. The number of nitrogens with one attached hydrogen (secondary N) is 1. The molecule has 6 nitrogen and oxygen atoms in total. The molecule has 1 aliphatic heterocycles. The van der Waals surface area contributed by atoms with E-state index < -0.39 is 23.6 Å². The molecule has 4 aromatic rings. The van der Waals surface area contributed by atoms with Gasteiger partial charge in [0.1, 0.15) is 17.3 Å². The highest BCUT2D eigenvalue weighted by atomic mass is 35.5. The van der Waals surface area contributed by atoms with Gasteiger partial charge in [0.25, 0.3) is 11.8 Å². The summed E-state index contributed by atoms with van der Waals surface area (Å²) in [5.41, 5.74) is 7.54. The Morgan fingerprint density at radius 1 is 1.26 bits per heavy atom. The molecule has 1 atom stereocenters. The van der Waals surface area contributed by atoms with Gasteiger partial charge in [0.05, 0.1) is 11.6 Å². The van der Waals surface area contributed by atoms with Gasteiger partial charge in [-0.05, 0) is 36.4 Å². The molecule has 2 amide bonds. The Morgan fingerprint density at radius 3 is 2.86 bits per heavy atom. The second-order valence-electron chi connectivity index (χ2n) is 8.04. The number of hydrogen-bond donors (Lipinski definition) is 2. The van der Waals surface area contributed by atoms with E-state index in [-0.39, 0.29) is 30.0 Å². The molecule has 1 unspecified atom stereocenters. The number of aromatic amines is 1. The summed E-state index contributed by atoms with van der Waals surface area (Å²) in [6.07, 6.45) is 2.95. The lowest BCUT2D eigenvalue weighted by Gasteiger charge is -2.27. The third kappa shape index (κ3) is 4.00. The quantitative estimate of drug-likeness (QED) is 0.405. The third-order valence-electron chi connectivity index (χ3n) is 5.99. The average Bonchev–Trinajstić information content (AvgIpc) is 3.44. The first-order chi connectivity index (χ1) is 16.8. The van der Waals surface area contributed by atoms with E-state index in [2.05, 4.69) is 21.8 Å². The molecular weight excluding hydrogens is 474 g/mol. The molecule has 1 aliphatic rings. The number of halogens is 3. The molecule has 9 heteroatoms. The van der Waals surface area contributed by atoms with E-state index in [1.165, 1.54) is 11.1 Å². The number of rotatable bonds is 4. The van der Waals surface area contributed by atoms with Crippen LogP contribution in [-0.2, 0) is 6.54 Å². The van der Waals surface area contributed by atoms with Crippen molar-refractivity contribution in [3.05, 3.63) is 99.3 Å². The van der Waals surface area contributed by atoms with Crippen LogP contribution in [0, 0.1) is 23.5 Å². The normalized spacial score (nSPS) is 13.5. The zero-order valence-corrected chi connectivity index (χ0v) is 18.9. The summed E-state index contributed by atoms with van der Waals surface area (Å²) in [5.74, 6) is 3.53. The molecule has 35 heavy (non-hydrogen) atoms. The lowest BCUT2D eigenvalue weighted by Crippen LogP contribution is -2.29. The van der Waals surface area contributed by atoms with Gasteiger partial charge in [-0.3, -0.25) is 9.59 Å². The largest absolute Gasteiger partial charge is 0.366 e. The van der Waals surface area contributed by atoms with Gasteiger partial charge in [0, 0.05) is 58.0 Å². The van der Waals surface area contributed by atoms with Gasteiger partial charge in [-0.2, -0.15) is 0 Å². The molecule has 2 aromatic carbocycles. The third-order valence-corrected chi connectivity index (χ3v) is 6.35. The minimum atomic E-state index is -0.908. The van der Waals surface area contributed by atoms with Gasteiger partial charge in [-0.15, -0.1) is 0 Å². The number of fused-ring (bicyclic) bond motifs is 2. The number of amides is 2. The highest BCUT2D eigenvalue weighted by Gasteiger charge is 2.35. The smallest absolute Gasteiger partial charge is 0.255 e. The zero-order chi connectivity index (χ0) is 24.7. The van der Waals surface area contributed by atoms with E-state index in [4.69, 9.17) is 17.3 Å². The van der Waals surface area contributed by atoms with E-state index >= 15 is 0 Å². The van der Waals surface area contributed by atoms with Crippen LogP contribution in [0.1, 0.15) is 49.9 Å². The van der Waals surface area contributed by atoms with Gasteiger partial charge in [-0.25, -0.2) is 13.8 Å². The summed E-state index contributed by atoms with van der Waals surface area (Å²) in [5, 5.41) is 1.01. The highest BCUT2D eigenvalue weighted by molar-refractivity contribution is 6.32. The Balaban J connectivity index is 1.57. The first-order valence-corrected chi connectivity index (χ1v) is 11.0. The van der Waals surface area contributed by atoms with Crippen molar-refractivity contribution in [3.63, 3.8) is 0 Å². The molecule has 0 saturated carbocycles. The summed E-state index contributed by atoms with van der Waals surface area (Å²) < 4.78 is 28.9. The first-order valence-electron chi connectivity index (χ1n) is 10.6. The summed E-state index contributed by atoms with van der Waals surface area (Å²) in [7, 11) is 0. The number of benzene rings is 2. The molecule has 0 aliphatic carbocycles. The Hall–Kier alpha value is -4.22. The fourth-order valence-electron chi connectivity index (χ4n) is 4.29. The van der Waals surface area contributed by atoms with Crippen LogP contribution >= 0.6 is 11.6 Å². The molecule has 3 heterocycles. The number of nitrogens with two attached hydrogens (primary N) is 1. The van der Waals surface area contributed by atoms with Crippen LogP contribution in [0.3, 0.4) is 0 Å². The molecular formula is C26H17ClF2N4O2. The monoisotopic (exact) mass is 490 g/mol. The topological polar surface area (TPSA) is 92.1 Å². The number of nitrogens with zero attached hydrogens (tertiary/aromatic N) is 2. The summed E-state index contributed by atoms with van der Waals surface area (Å²) in [6.45, 7) is 0.125. The first kappa shape index (κ1) is 22.6. The van der Waals surface area contributed by atoms with Crippen molar-refractivity contribution in [1.29, 1.82) is 0 Å². The Kier molecular flexibility index (Phi) is 5.71. The summed E-state index contributed by atoms with van der Waals surface area (Å²) >= 11 is 6.29. The number of aromatic nitrogens is 2. The standard InChI is InChI=1S/C26H17ClF2N4O2/c27-21-5-1-4-17-20(21)13-33(26(17)35)23(18-11-14(28)7-8-22(18)29)6-2-3-15-16-9-10-31-25(16)32-12-19(15)24(30)34/h1,4-5,7-12,23H,6,13H2,(H2,30,34)(H,31,32). The minimum absolute atomic E-state index is 0.00627.